The van der Waals surface area contributed by atoms with Gasteiger partial charge in [-0.2, -0.15) is 0 Å². The molecular formula is C26H22N4O2S. The van der Waals surface area contributed by atoms with Gasteiger partial charge in [-0.05, 0) is 66.8 Å². The zero-order valence-electron chi connectivity index (χ0n) is 18.0. The first-order valence-electron chi connectivity index (χ1n) is 10.6. The number of para-hydroxylation sites is 1. The Labute approximate surface area is 197 Å². The van der Waals surface area contributed by atoms with Gasteiger partial charge in [0.15, 0.2) is 5.11 Å². The lowest BCUT2D eigenvalue weighted by Crippen LogP contribution is -2.30. The van der Waals surface area contributed by atoms with Gasteiger partial charge < -0.3 is 19.5 Å². The Morgan fingerprint density at radius 3 is 2.52 bits per heavy atom. The van der Waals surface area contributed by atoms with E-state index in [-0.39, 0.29) is 18.1 Å². The fraction of sp³-hybridized carbons (Fsp3) is 0.115. The lowest BCUT2D eigenvalue weighted by atomic mass is 10.0. The van der Waals surface area contributed by atoms with Crippen molar-refractivity contribution in [2.45, 2.75) is 12.1 Å². The number of carbonyl (C=O) groups is 1. The highest BCUT2D eigenvalue weighted by Crippen LogP contribution is 2.42. The standard InChI is InChI=1S/C26H22N4O2S/c1-32-25(31)18-9-7-12-20(17-18)29-16-8-14-22(29)24-23(21-13-5-6-15-27-21)28-26(33)30(24)19-10-3-2-4-11-19/h2-17,23-24H,1H3,(H,28,33)/t23-,24+/m1/s1. The highest BCUT2D eigenvalue weighted by Gasteiger charge is 2.42. The van der Waals surface area contributed by atoms with E-state index in [1.165, 1.54) is 7.11 Å². The molecule has 1 fully saturated rings. The molecule has 6 nitrogen and oxygen atoms in total. The van der Waals surface area contributed by atoms with Crippen LogP contribution in [0.5, 0.6) is 0 Å². The van der Waals surface area contributed by atoms with Crippen LogP contribution in [0.25, 0.3) is 5.69 Å². The van der Waals surface area contributed by atoms with E-state index >= 15 is 0 Å². The summed E-state index contributed by atoms with van der Waals surface area (Å²) in [4.78, 5) is 18.9. The van der Waals surface area contributed by atoms with Crippen molar-refractivity contribution in [3.05, 3.63) is 114 Å². The van der Waals surface area contributed by atoms with Crippen LogP contribution >= 0.6 is 12.2 Å². The minimum atomic E-state index is -0.369. The van der Waals surface area contributed by atoms with Crippen LogP contribution in [0.15, 0.2) is 97.3 Å². The number of carbonyl (C=O) groups excluding carboxylic acids is 1. The van der Waals surface area contributed by atoms with E-state index in [9.17, 15) is 4.79 Å². The number of nitrogens with zero attached hydrogens (tertiary/aromatic N) is 3. The van der Waals surface area contributed by atoms with Gasteiger partial charge in [-0.25, -0.2) is 4.79 Å². The van der Waals surface area contributed by atoms with Gasteiger partial charge in [0.05, 0.1) is 24.4 Å². The Balaban J connectivity index is 1.65. The van der Waals surface area contributed by atoms with Crippen LogP contribution in [0.3, 0.4) is 0 Å². The van der Waals surface area contributed by atoms with Gasteiger partial charge in [0.25, 0.3) is 0 Å². The number of thiocarbonyl (C=S) groups is 1. The largest absolute Gasteiger partial charge is 0.465 e. The molecular weight excluding hydrogens is 432 g/mol. The molecule has 2 aromatic heterocycles. The summed E-state index contributed by atoms with van der Waals surface area (Å²) in [5, 5.41) is 4.12. The summed E-state index contributed by atoms with van der Waals surface area (Å²) in [5.74, 6) is -0.369. The molecule has 7 heteroatoms. The van der Waals surface area contributed by atoms with Crippen LogP contribution in [0.1, 0.15) is 33.8 Å². The Hall–Kier alpha value is -3.97. The Bertz CT molecular complexity index is 1290. The molecule has 164 valence electrons. The average molecular weight is 455 g/mol. The van der Waals surface area contributed by atoms with Crippen molar-refractivity contribution in [3.63, 3.8) is 0 Å². The third kappa shape index (κ3) is 3.87. The van der Waals surface area contributed by atoms with E-state index in [1.807, 2.05) is 79.0 Å². The monoisotopic (exact) mass is 454 g/mol. The van der Waals surface area contributed by atoms with E-state index in [4.69, 9.17) is 17.0 Å². The summed E-state index contributed by atoms with van der Waals surface area (Å²) in [7, 11) is 1.39. The zero-order valence-corrected chi connectivity index (χ0v) is 18.8. The molecule has 3 heterocycles. The Morgan fingerprint density at radius 1 is 0.970 bits per heavy atom. The van der Waals surface area contributed by atoms with Crippen LogP contribution < -0.4 is 10.2 Å². The minimum Gasteiger partial charge on any atom is -0.465 e. The number of nitrogens with one attached hydrogen (secondary N) is 1. The van der Waals surface area contributed by atoms with Crippen LogP contribution in [0, 0.1) is 0 Å². The number of ether oxygens (including phenoxy) is 1. The molecule has 0 amide bonds. The number of benzene rings is 2. The van der Waals surface area contributed by atoms with Crippen LogP contribution in [0.4, 0.5) is 5.69 Å². The van der Waals surface area contributed by atoms with E-state index < -0.39 is 0 Å². The van der Waals surface area contributed by atoms with Gasteiger partial charge in [-0.3, -0.25) is 4.98 Å². The number of hydrogen-bond acceptors (Lipinski definition) is 4. The van der Waals surface area contributed by atoms with Crippen LogP contribution in [-0.4, -0.2) is 27.7 Å². The van der Waals surface area contributed by atoms with Crippen molar-refractivity contribution < 1.29 is 9.53 Å². The molecule has 1 N–H and O–H groups in total. The van der Waals surface area contributed by atoms with Crippen molar-refractivity contribution >= 4 is 29.0 Å². The summed E-state index contributed by atoms with van der Waals surface area (Å²) >= 11 is 5.80. The molecule has 1 aliphatic heterocycles. The normalized spacial score (nSPS) is 17.6. The maximum absolute atomic E-state index is 12.1. The quantitative estimate of drug-likeness (QED) is 0.344. The number of hydrogen-bond donors (Lipinski definition) is 1. The molecule has 33 heavy (non-hydrogen) atoms. The van der Waals surface area contributed by atoms with E-state index in [1.54, 1.807) is 12.3 Å². The summed E-state index contributed by atoms with van der Waals surface area (Å²) in [6.45, 7) is 0. The topological polar surface area (TPSA) is 59.4 Å². The van der Waals surface area contributed by atoms with Gasteiger partial charge in [-0.1, -0.05) is 30.3 Å². The van der Waals surface area contributed by atoms with Crippen molar-refractivity contribution in [2.24, 2.45) is 0 Å². The van der Waals surface area contributed by atoms with Gasteiger partial charge in [0, 0.05) is 29.5 Å². The fourth-order valence-electron chi connectivity index (χ4n) is 4.29. The fourth-order valence-corrected chi connectivity index (χ4v) is 4.64. The van der Waals surface area contributed by atoms with E-state index in [0.717, 1.165) is 22.8 Å². The summed E-state index contributed by atoms with van der Waals surface area (Å²) in [5.41, 5.74) is 4.28. The maximum atomic E-state index is 12.1. The van der Waals surface area contributed by atoms with Gasteiger partial charge >= 0.3 is 5.97 Å². The predicted molar refractivity (Wildman–Crippen MR) is 131 cm³/mol. The molecule has 0 bridgehead atoms. The minimum absolute atomic E-state index is 0.156. The first-order valence-corrected chi connectivity index (χ1v) is 11.0. The number of esters is 1. The second kappa shape index (κ2) is 8.88. The number of aromatic nitrogens is 2. The second-order valence-electron chi connectivity index (χ2n) is 7.68. The highest BCUT2D eigenvalue weighted by molar-refractivity contribution is 7.80. The molecule has 0 unspecified atom stereocenters. The van der Waals surface area contributed by atoms with Crippen molar-refractivity contribution in [1.82, 2.24) is 14.9 Å². The number of methoxy groups -OCH3 is 1. The number of pyridine rings is 1. The highest BCUT2D eigenvalue weighted by atomic mass is 32.1. The molecule has 2 atom stereocenters. The molecule has 1 saturated heterocycles. The maximum Gasteiger partial charge on any atom is 0.337 e. The smallest absolute Gasteiger partial charge is 0.337 e. The van der Waals surface area contributed by atoms with E-state index in [0.29, 0.717) is 10.7 Å². The van der Waals surface area contributed by atoms with Crippen LogP contribution in [0.2, 0.25) is 0 Å². The van der Waals surface area contributed by atoms with Gasteiger partial charge in [0.1, 0.15) is 6.04 Å². The van der Waals surface area contributed by atoms with Crippen molar-refractivity contribution in [3.8, 4) is 5.69 Å². The molecule has 0 radical (unpaired) electrons. The summed E-state index contributed by atoms with van der Waals surface area (Å²) in [6, 6.07) is 27.2. The van der Waals surface area contributed by atoms with E-state index in [2.05, 4.69) is 25.8 Å². The van der Waals surface area contributed by atoms with Gasteiger partial charge in [-0.15, -0.1) is 0 Å². The first kappa shape index (κ1) is 20.9. The molecule has 0 saturated carbocycles. The van der Waals surface area contributed by atoms with Crippen LogP contribution in [-0.2, 0) is 4.74 Å². The van der Waals surface area contributed by atoms with Crippen molar-refractivity contribution in [2.75, 3.05) is 12.0 Å². The lowest BCUT2D eigenvalue weighted by Gasteiger charge is -2.29. The molecule has 4 aromatic rings. The zero-order chi connectivity index (χ0) is 22.8. The summed E-state index contributed by atoms with van der Waals surface area (Å²) < 4.78 is 6.99. The van der Waals surface area contributed by atoms with Gasteiger partial charge in [0.2, 0.25) is 0 Å². The lowest BCUT2D eigenvalue weighted by molar-refractivity contribution is 0.0600. The molecule has 0 spiro atoms. The molecule has 5 rings (SSSR count). The summed E-state index contributed by atoms with van der Waals surface area (Å²) in [6.07, 6.45) is 3.78. The Kier molecular flexibility index (Phi) is 5.62. The third-order valence-corrected chi connectivity index (χ3v) is 6.08. The predicted octanol–water partition coefficient (Wildman–Crippen LogP) is 4.84. The third-order valence-electron chi connectivity index (χ3n) is 5.76. The number of anilines is 1. The molecule has 1 aliphatic rings. The SMILES string of the molecule is COC(=O)c1cccc(-n2cccc2[C@H]2[C@@H](c3ccccn3)NC(=S)N2c2ccccc2)c1. The molecule has 2 aromatic carbocycles. The average Bonchev–Trinajstić information content (AvgIpc) is 3.49. The van der Waals surface area contributed by atoms with Crippen molar-refractivity contribution in [1.29, 1.82) is 0 Å². The second-order valence-corrected chi connectivity index (χ2v) is 8.06. The number of rotatable bonds is 5. The Morgan fingerprint density at radius 2 is 1.76 bits per heavy atom. The molecule has 0 aliphatic carbocycles. The first-order chi connectivity index (χ1) is 16.2.